The molecule has 0 spiro atoms. The van der Waals surface area contributed by atoms with Gasteiger partial charge in [-0.3, -0.25) is 4.79 Å². The highest BCUT2D eigenvalue weighted by Crippen LogP contribution is 2.39. The van der Waals surface area contributed by atoms with E-state index in [1.165, 1.54) is 17.3 Å². The van der Waals surface area contributed by atoms with Crippen LogP contribution in [0.4, 0.5) is 0 Å². The van der Waals surface area contributed by atoms with Crippen LogP contribution in [0.3, 0.4) is 0 Å². The second-order valence-corrected chi connectivity index (χ2v) is 7.37. The zero-order valence-corrected chi connectivity index (χ0v) is 16.0. The minimum atomic E-state index is -0.0213. The van der Waals surface area contributed by atoms with Gasteiger partial charge in [-0.05, 0) is 30.9 Å². The first-order chi connectivity index (χ1) is 13.2. The number of aromatic nitrogens is 3. The van der Waals surface area contributed by atoms with E-state index < -0.39 is 0 Å². The van der Waals surface area contributed by atoms with Crippen molar-refractivity contribution in [3.05, 3.63) is 71.5 Å². The van der Waals surface area contributed by atoms with Gasteiger partial charge < -0.3 is 9.42 Å². The van der Waals surface area contributed by atoms with Gasteiger partial charge in [0, 0.05) is 25.2 Å². The lowest BCUT2D eigenvalue weighted by Gasteiger charge is -2.17. The van der Waals surface area contributed by atoms with Crippen molar-refractivity contribution in [3.8, 4) is 0 Å². The van der Waals surface area contributed by atoms with E-state index in [1.54, 1.807) is 12.3 Å². The number of nitrogens with zero attached hydrogens (tertiary/aromatic N) is 4. The Bertz CT molecular complexity index is 944. The van der Waals surface area contributed by atoms with Gasteiger partial charge in [0.15, 0.2) is 5.82 Å². The lowest BCUT2D eigenvalue weighted by Crippen LogP contribution is -2.29. The number of thioether (sulfide) groups is 1. The maximum Gasteiger partial charge on any atom is 0.256 e. The number of hydrogen-bond acceptors (Lipinski definition) is 6. The third-order valence-electron chi connectivity index (χ3n) is 4.89. The highest BCUT2D eigenvalue weighted by atomic mass is 32.2. The highest BCUT2D eigenvalue weighted by Gasteiger charge is 2.40. The van der Waals surface area contributed by atoms with E-state index in [4.69, 9.17) is 4.52 Å². The van der Waals surface area contributed by atoms with Gasteiger partial charge in [-0.2, -0.15) is 4.98 Å². The van der Waals surface area contributed by atoms with E-state index in [0.717, 1.165) is 5.03 Å². The largest absolute Gasteiger partial charge is 0.339 e. The molecule has 0 radical (unpaired) electrons. The molecule has 2 unspecified atom stereocenters. The van der Waals surface area contributed by atoms with Crippen molar-refractivity contribution in [1.29, 1.82) is 0 Å². The van der Waals surface area contributed by atoms with Crippen molar-refractivity contribution in [1.82, 2.24) is 20.0 Å². The van der Waals surface area contributed by atoms with Crippen molar-refractivity contribution >= 4 is 17.7 Å². The Labute approximate surface area is 162 Å². The molecule has 3 aromatic rings. The van der Waals surface area contributed by atoms with E-state index in [0.29, 0.717) is 30.4 Å². The Hall–Kier alpha value is -2.67. The van der Waals surface area contributed by atoms with Crippen molar-refractivity contribution in [2.75, 3.05) is 19.3 Å². The first-order valence-electron chi connectivity index (χ1n) is 8.81. The SMILES string of the molecule is CSc1ncccc1C(=O)N1CC(c2ccccc2)C(c2nc(C)no2)C1. The van der Waals surface area contributed by atoms with E-state index in [9.17, 15) is 4.79 Å². The summed E-state index contributed by atoms with van der Waals surface area (Å²) in [6, 6.07) is 13.8. The van der Waals surface area contributed by atoms with E-state index in [1.807, 2.05) is 42.3 Å². The number of carbonyl (C=O) groups excluding carboxylic acids is 1. The smallest absolute Gasteiger partial charge is 0.256 e. The first kappa shape index (κ1) is 17.7. The normalized spacial score (nSPS) is 19.4. The minimum Gasteiger partial charge on any atom is -0.339 e. The van der Waals surface area contributed by atoms with Gasteiger partial charge in [-0.15, -0.1) is 11.8 Å². The third kappa shape index (κ3) is 3.47. The zero-order chi connectivity index (χ0) is 18.8. The van der Waals surface area contributed by atoms with Gasteiger partial charge in [0.05, 0.1) is 11.5 Å². The Morgan fingerprint density at radius 2 is 1.93 bits per heavy atom. The quantitative estimate of drug-likeness (QED) is 0.645. The summed E-state index contributed by atoms with van der Waals surface area (Å²) in [5.74, 6) is 1.29. The van der Waals surface area contributed by atoms with E-state index in [2.05, 4.69) is 27.3 Å². The number of benzene rings is 1. The number of hydrogen-bond donors (Lipinski definition) is 0. The van der Waals surface area contributed by atoms with Crippen LogP contribution in [-0.2, 0) is 0 Å². The molecule has 2 atom stereocenters. The maximum atomic E-state index is 13.2. The Balaban J connectivity index is 1.67. The number of carbonyl (C=O) groups is 1. The Morgan fingerprint density at radius 3 is 2.63 bits per heavy atom. The number of pyridine rings is 1. The standard InChI is InChI=1S/C20H20N4O2S/c1-13-22-18(26-23-13)17-12-24(11-16(17)14-7-4-3-5-8-14)20(25)15-9-6-10-21-19(15)27-2/h3-10,16-17H,11-12H2,1-2H3. The van der Waals surface area contributed by atoms with Gasteiger partial charge >= 0.3 is 0 Å². The van der Waals surface area contributed by atoms with Gasteiger partial charge in [0.2, 0.25) is 5.89 Å². The summed E-state index contributed by atoms with van der Waals surface area (Å²) in [6.07, 6.45) is 3.64. The van der Waals surface area contributed by atoms with Crippen LogP contribution in [0.5, 0.6) is 0 Å². The van der Waals surface area contributed by atoms with Crippen molar-refractivity contribution in [2.24, 2.45) is 0 Å². The van der Waals surface area contributed by atoms with Gasteiger partial charge in [-0.25, -0.2) is 4.98 Å². The van der Waals surface area contributed by atoms with Gasteiger partial charge in [0.25, 0.3) is 5.91 Å². The van der Waals surface area contributed by atoms with E-state index >= 15 is 0 Å². The summed E-state index contributed by atoms with van der Waals surface area (Å²) in [7, 11) is 0. The summed E-state index contributed by atoms with van der Waals surface area (Å²) >= 11 is 1.48. The molecule has 1 saturated heterocycles. The van der Waals surface area contributed by atoms with Crippen LogP contribution in [0.2, 0.25) is 0 Å². The molecular weight excluding hydrogens is 360 g/mol. The van der Waals surface area contributed by atoms with Gasteiger partial charge in [-0.1, -0.05) is 35.5 Å². The monoisotopic (exact) mass is 380 g/mol. The number of amides is 1. The average Bonchev–Trinajstić information content (AvgIpc) is 3.34. The molecule has 6 nitrogen and oxygen atoms in total. The summed E-state index contributed by atoms with van der Waals surface area (Å²) in [5.41, 5.74) is 1.81. The molecule has 1 aromatic carbocycles. The molecule has 4 rings (SSSR count). The van der Waals surface area contributed by atoms with Gasteiger partial charge in [0.1, 0.15) is 5.03 Å². The summed E-state index contributed by atoms with van der Waals surface area (Å²) in [6.45, 7) is 2.96. The topological polar surface area (TPSA) is 72.1 Å². The molecular formula is C20H20N4O2S. The minimum absolute atomic E-state index is 0.00730. The molecule has 7 heteroatoms. The maximum absolute atomic E-state index is 13.2. The molecule has 1 fully saturated rings. The summed E-state index contributed by atoms with van der Waals surface area (Å²) in [5, 5.41) is 4.69. The lowest BCUT2D eigenvalue weighted by atomic mass is 9.89. The molecule has 1 aliphatic rings. The van der Waals surface area contributed by atoms with Crippen LogP contribution in [0, 0.1) is 6.92 Å². The molecule has 138 valence electrons. The fourth-order valence-electron chi connectivity index (χ4n) is 3.61. The Kier molecular flexibility index (Phi) is 4.94. The summed E-state index contributed by atoms with van der Waals surface area (Å²) in [4.78, 5) is 23.8. The first-order valence-corrected chi connectivity index (χ1v) is 10.0. The van der Waals surface area contributed by atoms with Crippen LogP contribution in [0.25, 0.3) is 0 Å². The Morgan fingerprint density at radius 1 is 1.15 bits per heavy atom. The van der Waals surface area contributed by atoms with E-state index in [-0.39, 0.29) is 17.7 Å². The zero-order valence-electron chi connectivity index (χ0n) is 15.2. The predicted octanol–water partition coefficient (Wildman–Crippen LogP) is 3.52. The molecule has 0 N–H and O–H groups in total. The highest BCUT2D eigenvalue weighted by molar-refractivity contribution is 7.98. The lowest BCUT2D eigenvalue weighted by molar-refractivity contribution is 0.0784. The van der Waals surface area contributed by atoms with Crippen molar-refractivity contribution < 1.29 is 9.32 Å². The molecule has 1 amide bonds. The molecule has 27 heavy (non-hydrogen) atoms. The molecule has 3 heterocycles. The molecule has 1 aliphatic heterocycles. The second-order valence-electron chi connectivity index (χ2n) is 6.57. The number of rotatable bonds is 4. The fourth-order valence-corrected chi connectivity index (χ4v) is 4.15. The van der Waals surface area contributed by atoms with Crippen LogP contribution in [0.1, 0.15) is 39.5 Å². The summed E-state index contributed by atoms with van der Waals surface area (Å²) < 4.78 is 5.46. The van der Waals surface area contributed by atoms with Crippen LogP contribution in [0.15, 0.2) is 58.2 Å². The predicted molar refractivity (Wildman–Crippen MR) is 103 cm³/mol. The molecule has 0 aliphatic carbocycles. The van der Waals surface area contributed by atoms with Crippen molar-refractivity contribution in [2.45, 2.75) is 23.8 Å². The third-order valence-corrected chi connectivity index (χ3v) is 5.60. The number of aryl methyl sites for hydroxylation is 1. The van der Waals surface area contributed by atoms with Crippen LogP contribution in [-0.4, -0.2) is 45.3 Å². The average molecular weight is 380 g/mol. The molecule has 0 bridgehead atoms. The van der Waals surface area contributed by atoms with Crippen LogP contribution >= 0.6 is 11.8 Å². The molecule has 0 saturated carbocycles. The second kappa shape index (κ2) is 7.52. The molecule has 2 aromatic heterocycles. The number of likely N-dealkylation sites (tertiary alicyclic amines) is 1. The van der Waals surface area contributed by atoms with Crippen LogP contribution < -0.4 is 0 Å². The fraction of sp³-hybridized carbons (Fsp3) is 0.300. The van der Waals surface area contributed by atoms with Crippen molar-refractivity contribution in [3.63, 3.8) is 0 Å².